The van der Waals surface area contributed by atoms with Crippen LogP contribution in [0.1, 0.15) is 42.0 Å². The molecule has 0 amide bonds. The van der Waals surface area contributed by atoms with Crippen LogP contribution in [0.2, 0.25) is 0 Å². The molecule has 1 unspecified atom stereocenters. The van der Waals surface area contributed by atoms with Gasteiger partial charge in [-0.25, -0.2) is 0 Å². The molecule has 7 aromatic rings. The lowest BCUT2D eigenvalue weighted by Gasteiger charge is -2.37. The first-order valence-electron chi connectivity index (χ1n) is 17.3. The molecule has 1 aliphatic rings. The molecule has 52 heavy (non-hydrogen) atoms. The van der Waals surface area contributed by atoms with E-state index in [1.54, 1.807) is 20.3 Å². The molecule has 0 saturated carbocycles. The summed E-state index contributed by atoms with van der Waals surface area (Å²) in [6, 6.07) is 35.1. The minimum atomic E-state index is -4.53. The SMILES string of the molecule is CCCCOc1ccc(C2(c3ccccc3)C=Cc3c(c4cc(OC)c(OC)cc4c4c5ccc(C(F)(F)F)cc5n(-c5ccccc5)c34)O2)cc1. The van der Waals surface area contributed by atoms with Gasteiger partial charge in [-0.2, -0.15) is 13.2 Å². The summed E-state index contributed by atoms with van der Waals surface area (Å²) in [6.07, 6.45) is 1.55. The number of aromatic nitrogens is 1. The first-order valence-corrected chi connectivity index (χ1v) is 17.3. The number of rotatable bonds is 9. The largest absolute Gasteiger partial charge is 0.494 e. The third-order valence-corrected chi connectivity index (χ3v) is 9.85. The smallest absolute Gasteiger partial charge is 0.416 e. The van der Waals surface area contributed by atoms with Gasteiger partial charge in [0, 0.05) is 38.5 Å². The topological polar surface area (TPSA) is 41.9 Å². The van der Waals surface area contributed by atoms with Crippen molar-refractivity contribution in [2.75, 3.05) is 20.8 Å². The Kier molecular flexibility index (Phi) is 8.33. The number of ether oxygens (including phenoxy) is 4. The van der Waals surface area contributed by atoms with Gasteiger partial charge in [-0.15, -0.1) is 0 Å². The zero-order valence-electron chi connectivity index (χ0n) is 29.0. The minimum Gasteiger partial charge on any atom is -0.494 e. The molecule has 0 spiro atoms. The van der Waals surface area contributed by atoms with Crippen LogP contribution in [0.4, 0.5) is 13.2 Å². The van der Waals surface area contributed by atoms with Crippen LogP contribution >= 0.6 is 0 Å². The molecule has 2 heterocycles. The molecule has 0 N–H and O–H groups in total. The highest BCUT2D eigenvalue weighted by atomic mass is 19.4. The summed E-state index contributed by atoms with van der Waals surface area (Å²) in [7, 11) is 3.14. The van der Waals surface area contributed by atoms with E-state index >= 15 is 0 Å². The summed E-state index contributed by atoms with van der Waals surface area (Å²) < 4.78 is 69.6. The summed E-state index contributed by atoms with van der Waals surface area (Å²) in [5.41, 5.74) is 2.59. The van der Waals surface area contributed by atoms with Gasteiger partial charge in [-0.1, -0.05) is 80.1 Å². The second-order valence-electron chi connectivity index (χ2n) is 12.9. The number of para-hydroxylation sites is 1. The predicted molar refractivity (Wildman–Crippen MR) is 200 cm³/mol. The van der Waals surface area contributed by atoms with Crippen molar-refractivity contribution in [3.63, 3.8) is 0 Å². The molecule has 0 saturated heterocycles. The fourth-order valence-electron chi connectivity index (χ4n) is 7.32. The van der Waals surface area contributed by atoms with Crippen LogP contribution in [0.15, 0.2) is 121 Å². The van der Waals surface area contributed by atoms with Crippen molar-refractivity contribution in [1.29, 1.82) is 0 Å². The molecule has 0 fully saturated rings. The monoisotopic (exact) mass is 699 g/mol. The summed E-state index contributed by atoms with van der Waals surface area (Å²) in [6.45, 7) is 2.76. The number of alkyl halides is 3. The fraction of sp³-hybridized carbons (Fsp3) is 0.182. The minimum absolute atomic E-state index is 0.424. The summed E-state index contributed by atoms with van der Waals surface area (Å²) in [5, 5.41) is 2.93. The van der Waals surface area contributed by atoms with Crippen molar-refractivity contribution < 1.29 is 32.1 Å². The maximum Gasteiger partial charge on any atom is 0.416 e. The van der Waals surface area contributed by atoms with Crippen molar-refractivity contribution in [3.05, 3.63) is 144 Å². The van der Waals surface area contributed by atoms with E-state index in [9.17, 15) is 13.2 Å². The van der Waals surface area contributed by atoms with E-state index in [4.69, 9.17) is 18.9 Å². The summed E-state index contributed by atoms with van der Waals surface area (Å²) >= 11 is 0. The molecule has 0 aliphatic carbocycles. The number of unbranched alkanes of at least 4 members (excludes halogenated alkanes) is 1. The Bertz CT molecular complexity index is 2450. The van der Waals surface area contributed by atoms with Crippen LogP contribution in [-0.2, 0) is 11.8 Å². The molecule has 1 aliphatic heterocycles. The van der Waals surface area contributed by atoms with Crippen molar-refractivity contribution in [2.24, 2.45) is 0 Å². The quantitative estimate of drug-likeness (QED) is 0.141. The lowest BCUT2D eigenvalue weighted by Crippen LogP contribution is -2.34. The van der Waals surface area contributed by atoms with Crippen LogP contribution in [0.25, 0.3) is 44.3 Å². The Labute approximate surface area is 299 Å². The second-order valence-corrected chi connectivity index (χ2v) is 12.9. The number of fused-ring (bicyclic) bond motifs is 8. The molecular formula is C44H36F3NO4. The van der Waals surface area contributed by atoms with Gasteiger partial charge in [-0.05, 0) is 72.5 Å². The highest BCUT2D eigenvalue weighted by molar-refractivity contribution is 6.25. The van der Waals surface area contributed by atoms with Gasteiger partial charge >= 0.3 is 6.18 Å². The highest BCUT2D eigenvalue weighted by Gasteiger charge is 2.40. The second kappa shape index (κ2) is 13.0. The van der Waals surface area contributed by atoms with E-state index in [0.29, 0.717) is 40.3 Å². The van der Waals surface area contributed by atoms with Crippen molar-refractivity contribution in [3.8, 4) is 28.7 Å². The van der Waals surface area contributed by atoms with Crippen LogP contribution in [0.3, 0.4) is 0 Å². The van der Waals surface area contributed by atoms with E-state index < -0.39 is 17.3 Å². The molecule has 5 nitrogen and oxygen atoms in total. The van der Waals surface area contributed by atoms with E-state index in [0.717, 1.165) is 63.2 Å². The highest BCUT2D eigenvalue weighted by Crippen LogP contribution is 2.53. The first-order chi connectivity index (χ1) is 25.3. The summed E-state index contributed by atoms with van der Waals surface area (Å²) in [4.78, 5) is 0. The number of hydrogen-bond acceptors (Lipinski definition) is 4. The van der Waals surface area contributed by atoms with Crippen LogP contribution in [0, 0.1) is 0 Å². The third-order valence-electron chi connectivity index (χ3n) is 9.85. The normalized spacial score (nSPS) is 15.5. The molecule has 262 valence electrons. The van der Waals surface area contributed by atoms with Gasteiger partial charge in [0.2, 0.25) is 0 Å². The lowest BCUT2D eigenvalue weighted by atomic mass is 9.83. The molecule has 6 aromatic carbocycles. The van der Waals surface area contributed by atoms with Crippen LogP contribution in [-0.4, -0.2) is 25.4 Å². The van der Waals surface area contributed by atoms with Gasteiger partial charge in [0.1, 0.15) is 11.5 Å². The maximum absolute atomic E-state index is 14.2. The molecular weight excluding hydrogens is 663 g/mol. The van der Waals surface area contributed by atoms with Gasteiger partial charge in [-0.3, -0.25) is 0 Å². The van der Waals surface area contributed by atoms with Crippen LogP contribution in [0.5, 0.6) is 23.0 Å². The van der Waals surface area contributed by atoms with Gasteiger partial charge in [0.25, 0.3) is 0 Å². The Balaban J connectivity index is 1.48. The number of hydrogen-bond donors (Lipinski definition) is 0. The molecule has 8 rings (SSSR count). The van der Waals surface area contributed by atoms with Crippen molar-refractivity contribution in [1.82, 2.24) is 4.57 Å². The predicted octanol–water partition coefficient (Wildman–Crippen LogP) is 11.5. The Hall–Kier alpha value is -5.89. The standard InChI is InChI=1S/C44H36F3NO4/c1-4-5-24-51-32-19-16-29(17-20-32)43(28-12-8-6-9-13-28)23-22-34-41-40(35-26-38(49-2)39(50-3)27-36(35)42(34)52-43)33-21-18-30(44(45,46)47)25-37(33)48(41)31-14-10-7-11-15-31/h6-23,25-27H,4-5,24H2,1-3H3. The Morgan fingerprint density at radius 2 is 1.38 bits per heavy atom. The maximum atomic E-state index is 14.2. The third kappa shape index (κ3) is 5.41. The van der Waals surface area contributed by atoms with E-state index in [-0.39, 0.29) is 0 Å². The van der Waals surface area contributed by atoms with Crippen LogP contribution < -0.4 is 18.9 Å². The number of halogens is 3. The zero-order valence-corrected chi connectivity index (χ0v) is 29.0. The van der Waals surface area contributed by atoms with Crippen molar-refractivity contribution >= 4 is 38.7 Å². The molecule has 8 heteroatoms. The molecule has 0 bridgehead atoms. The number of nitrogens with zero attached hydrogens (tertiary/aromatic N) is 1. The molecule has 1 atom stereocenters. The average molecular weight is 700 g/mol. The van der Waals surface area contributed by atoms with Gasteiger partial charge < -0.3 is 23.5 Å². The molecule has 0 radical (unpaired) electrons. The Morgan fingerprint density at radius 1 is 0.731 bits per heavy atom. The van der Waals surface area contributed by atoms with Crippen molar-refractivity contribution in [2.45, 2.75) is 31.5 Å². The summed E-state index contributed by atoms with van der Waals surface area (Å²) in [5.74, 6) is 2.33. The average Bonchev–Trinajstić information content (AvgIpc) is 3.53. The Morgan fingerprint density at radius 3 is 2.04 bits per heavy atom. The van der Waals surface area contributed by atoms with E-state index in [1.807, 2.05) is 114 Å². The van der Waals surface area contributed by atoms with E-state index in [2.05, 4.69) is 6.92 Å². The van der Waals surface area contributed by atoms with Gasteiger partial charge in [0.15, 0.2) is 17.1 Å². The number of methoxy groups -OCH3 is 2. The fourth-order valence-corrected chi connectivity index (χ4v) is 7.32. The lowest BCUT2D eigenvalue weighted by molar-refractivity contribution is -0.137. The molecule has 1 aromatic heterocycles. The first kappa shape index (κ1) is 33.3. The van der Waals surface area contributed by atoms with E-state index in [1.165, 1.54) is 6.07 Å². The zero-order chi connectivity index (χ0) is 36.0. The van der Waals surface area contributed by atoms with Gasteiger partial charge in [0.05, 0.1) is 37.4 Å². The number of benzene rings is 6.